The summed E-state index contributed by atoms with van der Waals surface area (Å²) in [5, 5.41) is 0. The predicted octanol–water partition coefficient (Wildman–Crippen LogP) is 3.01. The van der Waals surface area contributed by atoms with E-state index in [0.717, 1.165) is 5.56 Å². The third-order valence-corrected chi connectivity index (χ3v) is 5.55. The molecule has 0 radical (unpaired) electrons. The summed E-state index contributed by atoms with van der Waals surface area (Å²) in [7, 11) is 1.29. The highest BCUT2D eigenvalue weighted by molar-refractivity contribution is 5.80. The number of piperidine rings is 1. The molecule has 6 nitrogen and oxygen atoms in total. The van der Waals surface area contributed by atoms with Crippen molar-refractivity contribution >= 4 is 12.1 Å². The minimum atomic E-state index is -1.88. The van der Waals surface area contributed by atoms with Gasteiger partial charge in [0.2, 0.25) is 0 Å². The Labute approximate surface area is 165 Å². The van der Waals surface area contributed by atoms with Crippen LogP contribution in [0.5, 0.6) is 0 Å². The first-order chi connectivity index (χ1) is 13.1. The fraction of sp³-hybridized carbons (Fsp3) is 0.619. The first kappa shape index (κ1) is 20.6. The van der Waals surface area contributed by atoms with E-state index in [1.54, 1.807) is 20.8 Å². The van der Waals surface area contributed by atoms with Crippen molar-refractivity contribution in [3.8, 4) is 0 Å². The van der Waals surface area contributed by atoms with E-state index in [2.05, 4.69) is 0 Å². The summed E-state index contributed by atoms with van der Waals surface area (Å²) in [5.41, 5.74) is -2.76. The average Bonchev–Trinajstić information content (AvgIpc) is 2.92. The van der Waals surface area contributed by atoms with Gasteiger partial charge in [-0.2, -0.15) is 0 Å². The molecule has 3 rings (SSSR count). The predicted molar refractivity (Wildman–Crippen MR) is 102 cm³/mol. The van der Waals surface area contributed by atoms with Crippen molar-refractivity contribution in [1.29, 1.82) is 0 Å². The molecule has 2 aliphatic heterocycles. The van der Waals surface area contributed by atoms with Crippen molar-refractivity contribution in [1.82, 2.24) is 9.80 Å². The summed E-state index contributed by atoms with van der Waals surface area (Å²) in [6, 6.07) is 9.75. The van der Waals surface area contributed by atoms with Crippen molar-refractivity contribution in [2.45, 2.75) is 45.0 Å². The Morgan fingerprint density at radius 1 is 1.14 bits per heavy atom. The number of hydrogen-bond donors (Lipinski definition) is 0. The van der Waals surface area contributed by atoms with E-state index in [9.17, 15) is 9.59 Å². The normalized spacial score (nSPS) is 28.0. The molecule has 2 atom stereocenters. The summed E-state index contributed by atoms with van der Waals surface area (Å²) < 4.78 is 26.7. The van der Waals surface area contributed by atoms with E-state index < -0.39 is 28.7 Å². The number of benzene rings is 1. The van der Waals surface area contributed by atoms with Gasteiger partial charge in [0.15, 0.2) is 5.67 Å². The van der Waals surface area contributed by atoms with Crippen LogP contribution in [0.2, 0.25) is 0 Å². The second kappa shape index (κ2) is 7.35. The number of fused-ring (bicyclic) bond motifs is 1. The quantitative estimate of drug-likeness (QED) is 0.740. The zero-order chi connectivity index (χ0) is 20.6. The summed E-state index contributed by atoms with van der Waals surface area (Å²) in [4.78, 5) is 28.4. The minimum Gasteiger partial charge on any atom is -0.468 e. The fourth-order valence-corrected chi connectivity index (χ4v) is 4.28. The molecule has 7 heteroatoms. The molecule has 0 saturated carbocycles. The molecule has 154 valence electrons. The molecule has 2 aliphatic rings. The molecule has 0 spiro atoms. The molecule has 1 aromatic rings. The van der Waals surface area contributed by atoms with Gasteiger partial charge in [-0.25, -0.2) is 9.18 Å². The Bertz CT molecular complexity index is 736. The van der Waals surface area contributed by atoms with Crippen LogP contribution in [-0.2, 0) is 20.8 Å². The molecule has 2 heterocycles. The van der Waals surface area contributed by atoms with Crippen LogP contribution in [0.1, 0.15) is 32.8 Å². The van der Waals surface area contributed by atoms with Crippen molar-refractivity contribution in [3.05, 3.63) is 35.9 Å². The molecule has 0 aromatic heterocycles. The minimum absolute atomic E-state index is 0.0658. The third kappa shape index (κ3) is 3.85. The summed E-state index contributed by atoms with van der Waals surface area (Å²) in [6.07, 6.45) is -0.342. The molecule has 1 amide bonds. The number of alkyl halides is 1. The van der Waals surface area contributed by atoms with Crippen molar-refractivity contribution in [3.63, 3.8) is 0 Å². The number of rotatable bonds is 3. The first-order valence-corrected chi connectivity index (χ1v) is 9.60. The lowest BCUT2D eigenvalue weighted by atomic mass is 9.70. The number of halogens is 1. The Hall–Kier alpha value is -2.15. The SMILES string of the molecule is COC(=O)[C@@]12CCN(C(=O)OC(C)(C)C)C[C@]1(F)CN(Cc1ccccc1)C2. The maximum atomic E-state index is 16.3. The monoisotopic (exact) mass is 392 g/mol. The van der Waals surface area contributed by atoms with E-state index in [4.69, 9.17) is 9.47 Å². The lowest BCUT2D eigenvalue weighted by Gasteiger charge is -2.45. The highest BCUT2D eigenvalue weighted by Gasteiger charge is 2.66. The molecule has 2 fully saturated rings. The molecule has 0 N–H and O–H groups in total. The van der Waals surface area contributed by atoms with E-state index in [-0.39, 0.29) is 32.6 Å². The van der Waals surface area contributed by atoms with E-state index >= 15 is 4.39 Å². The first-order valence-electron chi connectivity index (χ1n) is 9.60. The zero-order valence-corrected chi connectivity index (χ0v) is 17.0. The number of hydrogen-bond acceptors (Lipinski definition) is 5. The van der Waals surface area contributed by atoms with Crippen molar-refractivity contribution < 1.29 is 23.5 Å². The highest BCUT2D eigenvalue weighted by Crippen LogP contribution is 2.49. The number of likely N-dealkylation sites (tertiary alicyclic amines) is 2. The van der Waals surface area contributed by atoms with Crippen LogP contribution in [0, 0.1) is 5.41 Å². The second-order valence-corrected chi connectivity index (χ2v) is 8.82. The zero-order valence-electron chi connectivity index (χ0n) is 17.0. The van der Waals surface area contributed by atoms with Gasteiger partial charge < -0.3 is 14.4 Å². The molecule has 2 saturated heterocycles. The van der Waals surface area contributed by atoms with Gasteiger partial charge in [0, 0.05) is 26.2 Å². The Balaban J connectivity index is 1.82. The molecule has 1 aromatic carbocycles. The van der Waals surface area contributed by atoms with Crippen LogP contribution in [0.15, 0.2) is 30.3 Å². The van der Waals surface area contributed by atoms with Gasteiger partial charge in [0.05, 0.1) is 13.7 Å². The molecule has 0 aliphatic carbocycles. The number of nitrogens with zero attached hydrogens (tertiary/aromatic N) is 2. The topological polar surface area (TPSA) is 59.1 Å². The van der Waals surface area contributed by atoms with Crippen LogP contribution in [-0.4, -0.2) is 66.4 Å². The van der Waals surface area contributed by atoms with Crippen LogP contribution in [0.3, 0.4) is 0 Å². The average molecular weight is 392 g/mol. The number of methoxy groups -OCH3 is 1. The molecule has 0 bridgehead atoms. The molecule has 0 unspecified atom stereocenters. The third-order valence-electron chi connectivity index (χ3n) is 5.55. The lowest BCUT2D eigenvalue weighted by Crippen LogP contribution is -2.62. The Morgan fingerprint density at radius 3 is 2.43 bits per heavy atom. The number of esters is 1. The maximum absolute atomic E-state index is 16.3. The smallest absolute Gasteiger partial charge is 0.410 e. The van der Waals surface area contributed by atoms with Crippen LogP contribution in [0.4, 0.5) is 9.18 Å². The summed E-state index contributed by atoms with van der Waals surface area (Å²) >= 11 is 0. The van der Waals surface area contributed by atoms with Gasteiger partial charge in [-0.05, 0) is 32.8 Å². The fourth-order valence-electron chi connectivity index (χ4n) is 4.28. The Morgan fingerprint density at radius 2 is 1.82 bits per heavy atom. The van der Waals surface area contributed by atoms with Crippen molar-refractivity contribution in [2.75, 3.05) is 33.3 Å². The summed E-state index contributed by atoms with van der Waals surface area (Å²) in [6.45, 7) is 6.28. The largest absolute Gasteiger partial charge is 0.468 e. The van der Waals surface area contributed by atoms with E-state index in [0.29, 0.717) is 6.54 Å². The maximum Gasteiger partial charge on any atom is 0.410 e. The van der Waals surface area contributed by atoms with E-state index in [1.165, 1.54) is 12.0 Å². The van der Waals surface area contributed by atoms with Gasteiger partial charge >= 0.3 is 12.1 Å². The number of amides is 1. The molecular formula is C21H29FN2O4. The van der Waals surface area contributed by atoms with Gasteiger partial charge in [-0.3, -0.25) is 9.69 Å². The highest BCUT2D eigenvalue weighted by atomic mass is 19.1. The summed E-state index contributed by atoms with van der Waals surface area (Å²) in [5.74, 6) is -0.547. The Kier molecular flexibility index (Phi) is 5.40. The standard InChI is InChI=1S/C21H29FN2O4/c1-19(2,3)28-18(26)24-11-10-20(17(25)27-4)13-23(14-21(20,22)15-24)12-16-8-6-5-7-9-16/h5-9H,10-15H2,1-4H3/t20-,21+/m0/s1. The van der Waals surface area contributed by atoms with Gasteiger partial charge in [-0.15, -0.1) is 0 Å². The van der Waals surface area contributed by atoms with Crippen LogP contribution in [0.25, 0.3) is 0 Å². The molecular weight excluding hydrogens is 363 g/mol. The van der Waals surface area contributed by atoms with Gasteiger partial charge in [0.25, 0.3) is 0 Å². The van der Waals surface area contributed by atoms with Gasteiger partial charge in [0.1, 0.15) is 11.0 Å². The number of ether oxygens (including phenoxy) is 2. The van der Waals surface area contributed by atoms with Crippen LogP contribution < -0.4 is 0 Å². The molecule has 28 heavy (non-hydrogen) atoms. The van der Waals surface area contributed by atoms with E-state index in [1.807, 2.05) is 35.2 Å². The number of carbonyl (C=O) groups is 2. The van der Waals surface area contributed by atoms with Gasteiger partial charge in [-0.1, -0.05) is 30.3 Å². The second-order valence-electron chi connectivity index (χ2n) is 8.82. The van der Waals surface area contributed by atoms with Crippen molar-refractivity contribution in [2.24, 2.45) is 5.41 Å². The van der Waals surface area contributed by atoms with Crippen LogP contribution >= 0.6 is 0 Å². The number of carbonyl (C=O) groups excluding carboxylic acids is 2. The lowest BCUT2D eigenvalue weighted by molar-refractivity contribution is -0.166.